The zero-order valence-corrected chi connectivity index (χ0v) is 21.2. The molecule has 1 aromatic carbocycles. The molecular weight excluding hydrogens is 458 g/mol. The minimum atomic E-state index is -3.95. The minimum absolute atomic E-state index is 0.00424. The highest BCUT2D eigenvalue weighted by atomic mass is 32.2. The first-order valence-corrected chi connectivity index (χ1v) is 12.9. The summed E-state index contributed by atoms with van der Waals surface area (Å²) in [5, 5.41) is 2.89. The van der Waals surface area contributed by atoms with E-state index in [1.54, 1.807) is 52.1 Å². The first kappa shape index (κ1) is 25.8. The van der Waals surface area contributed by atoms with Crippen LogP contribution in [-0.2, 0) is 26.1 Å². The average Bonchev–Trinajstić information content (AvgIpc) is 3.09. The zero-order valence-electron chi connectivity index (χ0n) is 20.4. The molecule has 0 radical (unpaired) electrons. The molecule has 2 aromatic rings. The van der Waals surface area contributed by atoms with Crippen molar-refractivity contribution >= 4 is 27.6 Å². The van der Waals surface area contributed by atoms with Crippen LogP contribution < -0.4 is 10.1 Å². The SMILES string of the molecule is CCOC(=O)c1c(S(=O)(=O)N2CCC(C(=O)Nc3cccc(OC)c3)CC2)c(C)n(CC)c1C. The summed E-state index contributed by atoms with van der Waals surface area (Å²) in [4.78, 5) is 25.4. The minimum Gasteiger partial charge on any atom is -0.497 e. The standard InChI is InChI=1S/C24H33N3O6S/c1-6-27-16(3)21(24(29)33-7-2)22(17(27)4)34(30,31)26-13-11-18(12-14-26)23(28)25-19-9-8-10-20(15-19)32-5/h8-10,15,18H,6-7,11-14H2,1-5H3,(H,25,28). The molecule has 9 nitrogen and oxygen atoms in total. The quantitative estimate of drug-likeness (QED) is 0.568. The average molecular weight is 492 g/mol. The highest BCUT2D eigenvalue weighted by Gasteiger charge is 2.38. The maximum Gasteiger partial charge on any atom is 0.341 e. The Morgan fingerprint density at radius 1 is 1.12 bits per heavy atom. The molecule has 10 heteroatoms. The summed E-state index contributed by atoms with van der Waals surface area (Å²) >= 11 is 0. The molecule has 0 aliphatic carbocycles. The highest BCUT2D eigenvalue weighted by molar-refractivity contribution is 7.89. The number of rotatable bonds is 8. The van der Waals surface area contributed by atoms with Gasteiger partial charge in [-0.05, 0) is 52.7 Å². The molecule has 1 aliphatic heterocycles. The zero-order chi connectivity index (χ0) is 25.0. The van der Waals surface area contributed by atoms with Gasteiger partial charge in [0.05, 0.1) is 13.7 Å². The van der Waals surface area contributed by atoms with E-state index in [4.69, 9.17) is 9.47 Å². The van der Waals surface area contributed by atoms with Crippen molar-refractivity contribution in [1.82, 2.24) is 8.87 Å². The van der Waals surface area contributed by atoms with Gasteiger partial charge < -0.3 is 19.4 Å². The number of aromatic nitrogens is 1. The molecule has 1 N–H and O–H groups in total. The largest absolute Gasteiger partial charge is 0.497 e. The molecule has 0 unspecified atom stereocenters. The van der Waals surface area contributed by atoms with E-state index in [0.29, 0.717) is 42.2 Å². The van der Waals surface area contributed by atoms with E-state index < -0.39 is 16.0 Å². The summed E-state index contributed by atoms with van der Waals surface area (Å²) in [6.07, 6.45) is 0.770. The summed E-state index contributed by atoms with van der Waals surface area (Å²) in [6, 6.07) is 7.09. The van der Waals surface area contributed by atoms with Crippen LogP contribution in [0.1, 0.15) is 48.4 Å². The smallest absolute Gasteiger partial charge is 0.341 e. The van der Waals surface area contributed by atoms with Crippen molar-refractivity contribution in [3.63, 3.8) is 0 Å². The van der Waals surface area contributed by atoms with Gasteiger partial charge in [-0.15, -0.1) is 0 Å². The normalized spacial score (nSPS) is 15.2. The number of benzene rings is 1. The monoisotopic (exact) mass is 491 g/mol. The number of amides is 1. The Morgan fingerprint density at radius 3 is 2.38 bits per heavy atom. The number of anilines is 1. The summed E-state index contributed by atoms with van der Waals surface area (Å²) in [5.74, 6) is -0.464. The fraction of sp³-hybridized carbons (Fsp3) is 0.500. The van der Waals surface area contributed by atoms with Crippen LogP contribution in [0.4, 0.5) is 5.69 Å². The van der Waals surface area contributed by atoms with Crippen LogP contribution in [0.15, 0.2) is 29.2 Å². The first-order chi connectivity index (χ1) is 16.1. The number of carbonyl (C=O) groups is 2. The van der Waals surface area contributed by atoms with Crippen LogP contribution in [0.2, 0.25) is 0 Å². The van der Waals surface area contributed by atoms with Crippen LogP contribution in [0.25, 0.3) is 0 Å². The predicted molar refractivity (Wildman–Crippen MR) is 129 cm³/mol. The molecule has 0 atom stereocenters. The Hall–Kier alpha value is -2.85. The van der Waals surface area contributed by atoms with E-state index in [1.807, 2.05) is 11.5 Å². The Kier molecular flexibility index (Phi) is 8.04. The van der Waals surface area contributed by atoms with Gasteiger partial charge in [0.1, 0.15) is 16.2 Å². The number of carbonyl (C=O) groups excluding carboxylic acids is 2. The number of sulfonamides is 1. The van der Waals surface area contributed by atoms with Crippen LogP contribution in [-0.4, -0.2) is 56.0 Å². The van der Waals surface area contributed by atoms with Gasteiger partial charge in [0.15, 0.2) is 0 Å². The number of ether oxygens (including phenoxy) is 2. The van der Waals surface area contributed by atoms with Crippen LogP contribution in [0.5, 0.6) is 5.75 Å². The molecule has 34 heavy (non-hydrogen) atoms. The summed E-state index contributed by atoms with van der Waals surface area (Å²) < 4.78 is 40.8. The van der Waals surface area contributed by atoms with Gasteiger partial charge in [-0.25, -0.2) is 13.2 Å². The van der Waals surface area contributed by atoms with Crippen LogP contribution in [0, 0.1) is 19.8 Å². The Morgan fingerprint density at radius 2 is 1.79 bits per heavy atom. The lowest BCUT2D eigenvalue weighted by molar-refractivity contribution is -0.120. The van der Waals surface area contributed by atoms with Crippen molar-refractivity contribution < 1.29 is 27.5 Å². The van der Waals surface area contributed by atoms with Crippen molar-refractivity contribution in [3.8, 4) is 5.75 Å². The lowest BCUT2D eigenvalue weighted by Crippen LogP contribution is -2.42. The molecule has 186 valence electrons. The molecule has 2 heterocycles. The van der Waals surface area contributed by atoms with Crippen molar-refractivity contribution in [2.75, 3.05) is 32.1 Å². The van der Waals surface area contributed by atoms with Gasteiger partial charge in [-0.1, -0.05) is 6.07 Å². The molecule has 1 amide bonds. The summed E-state index contributed by atoms with van der Waals surface area (Å²) in [5.41, 5.74) is 1.81. The Balaban J connectivity index is 1.78. The molecule has 3 rings (SSSR count). The van der Waals surface area contributed by atoms with E-state index in [9.17, 15) is 18.0 Å². The maximum atomic E-state index is 13.6. The fourth-order valence-electron chi connectivity index (χ4n) is 4.52. The summed E-state index contributed by atoms with van der Waals surface area (Å²) in [7, 11) is -2.39. The van der Waals surface area contributed by atoms with E-state index in [0.717, 1.165) is 0 Å². The first-order valence-electron chi connectivity index (χ1n) is 11.5. The molecule has 1 aliphatic rings. The third kappa shape index (κ3) is 4.97. The third-order valence-electron chi connectivity index (χ3n) is 6.28. The Bertz CT molecular complexity index is 1160. The van der Waals surface area contributed by atoms with Crippen LogP contribution >= 0.6 is 0 Å². The number of hydrogen-bond donors (Lipinski definition) is 1. The number of esters is 1. The number of nitrogens with one attached hydrogen (secondary N) is 1. The number of hydrogen-bond acceptors (Lipinski definition) is 6. The van der Waals surface area contributed by atoms with Gasteiger partial charge in [0.2, 0.25) is 15.9 Å². The van der Waals surface area contributed by atoms with Crippen molar-refractivity contribution in [2.45, 2.75) is 52.0 Å². The molecule has 0 spiro atoms. The fourth-order valence-corrected chi connectivity index (χ4v) is 6.44. The molecule has 0 bridgehead atoms. The van der Waals surface area contributed by atoms with E-state index in [-0.39, 0.29) is 42.0 Å². The number of nitrogens with zero attached hydrogens (tertiary/aromatic N) is 2. The van der Waals surface area contributed by atoms with Gasteiger partial charge in [0.25, 0.3) is 0 Å². The number of piperidine rings is 1. The van der Waals surface area contributed by atoms with Crippen molar-refractivity contribution in [2.24, 2.45) is 5.92 Å². The summed E-state index contributed by atoms with van der Waals surface area (Å²) in [6.45, 7) is 8.10. The number of methoxy groups -OCH3 is 1. The predicted octanol–water partition coefficient (Wildman–Crippen LogP) is 3.35. The third-order valence-corrected chi connectivity index (χ3v) is 8.34. The Labute approximate surface area is 201 Å². The van der Waals surface area contributed by atoms with Gasteiger partial charge in [-0.3, -0.25) is 4.79 Å². The van der Waals surface area contributed by atoms with Gasteiger partial charge in [0, 0.05) is 48.7 Å². The second kappa shape index (κ2) is 10.6. The van der Waals surface area contributed by atoms with Crippen LogP contribution in [0.3, 0.4) is 0 Å². The van der Waals surface area contributed by atoms with Gasteiger partial charge >= 0.3 is 5.97 Å². The van der Waals surface area contributed by atoms with Crippen molar-refractivity contribution in [1.29, 1.82) is 0 Å². The van der Waals surface area contributed by atoms with Crippen molar-refractivity contribution in [3.05, 3.63) is 41.2 Å². The second-order valence-corrected chi connectivity index (χ2v) is 10.1. The molecular formula is C24H33N3O6S. The maximum absolute atomic E-state index is 13.6. The molecule has 1 saturated heterocycles. The second-order valence-electron chi connectivity index (χ2n) is 8.24. The van der Waals surface area contributed by atoms with E-state index in [1.165, 1.54) is 4.31 Å². The van der Waals surface area contributed by atoms with E-state index >= 15 is 0 Å². The lowest BCUT2D eigenvalue weighted by Gasteiger charge is -2.30. The molecule has 1 aromatic heterocycles. The topological polar surface area (TPSA) is 107 Å². The lowest BCUT2D eigenvalue weighted by atomic mass is 9.97. The highest BCUT2D eigenvalue weighted by Crippen LogP contribution is 2.33. The molecule has 1 fully saturated rings. The van der Waals surface area contributed by atoms with Gasteiger partial charge in [-0.2, -0.15) is 4.31 Å². The molecule has 0 saturated carbocycles. The van der Waals surface area contributed by atoms with E-state index in [2.05, 4.69) is 5.32 Å².